The molecular weight excluding hydrogens is 474 g/mol. The lowest BCUT2D eigenvalue weighted by molar-refractivity contribution is 0.271. The molecule has 38 heavy (non-hydrogen) atoms. The highest BCUT2D eigenvalue weighted by Gasteiger charge is 2.23. The van der Waals surface area contributed by atoms with Crippen LogP contribution < -0.4 is 15.4 Å². The van der Waals surface area contributed by atoms with Crippen molar-refractivity contribution in [1.82, 2.24) is 24.6 Å². The van der Waals surface area contributed by atoms with Crippen LogP contribution in [0.4, 0.5) is 11.9 Å². The van der Waals surface area contributed by atoms with Crippen LogP contribution in [0.15, 0.2) is 48.8 Å². The highest BCUT2D eigenvalue weighted by molar-refractivity contribution is 5.91. The summed E-state index contributed by atoms with van der Waals surface area (Å²) in [4.78, 5) is 14.2. The first-order chi connectivity index (χ1) is 18.6. The molecule has 0 atom stereocenters. The Labute approximate surface area is 224 Å². The van der Waals surface area contributed by atoms with Crippen LogP contribution in [0.2, 0.25) is 0 Å². The summed E-state index contributed by atoms with van der Waals surface area (Å²) in [7, 11) is 0. The van der Waals surface area contributed by atoms with Crippen molar-refractivity contribution in [3.63, 3.8) is 0 Å². The monoisotopic (exact) mass is 511 g/mol. The van der Waals surface area contributed by atoms with Crippen LogP contribution in [0, 0.1) is 5.92 Å². The van der Waals surface area contributed by atoms with Crippen molar-refractivity contribution in [2.24, 2.45) is 5.92 Å². The van der Waals surface area contributed by atoms with Gasteiger partial charge in [-0.2, -0.15) is 9.61 Å². The van der Waals surface area contributed by atoms with E-state index in [1.54, 1.807) is 0 Å². The molecule has 0 saturated heterocycles. The fraction of sp³-hybridized carbons (Fsp3) is 0.467. The molecule has 2 aliphatic rings. The third kappa shape index (κ3) is 5.30. The quantitative estimate of drug-likeness (QED) is 0.262. The molecule has 3 aromatic heterocycles. The number of nitrogens with one attached hydrogen (secondary N) is 2. The molecule has 2 N–H and O–H groups in total. The maximum absolute atomic E-state index is 5.93. The lowest BCUT2D eigenvalue weighted by Crippen LogP contribution is -2.18. The molecule has 0 radical (unpaired) electrons. The van der Waals surface area contributed by atoms with Crippen molar-refractivity contribution < 1.29 is 4.74 Å². The summed E-state index contributed by atoms with van der Waals surface area (Å²) in [5.74, 6) is 2.79. The number of hydrogen-bond acceptors (Lipinski definition) is 7. The molecule has 0 bridgehead atoms. The second-order valence-corrected chi connectivity index (χ2v) is 11.0. The SMILES string of the molecule is CC(C)COc1ccc(-c2nn3c(NC4CCCC4)nccc3c2-c2ccnc(NC3CCCC3)n2)cc1. The molecule has 0 unspecified atom stereocenters. The molecule has 0 amide bonds. The molecule has 1 aromatic carbocycles. The van der Waals surface area contributed by atoms with Gasteiger partial charge in [0.05, 0.1) is 23.4 Å². The summed E-state index contributed by atoms with van der Waals surface area (Å²) in [6.45, 7) is 5.00. The number of aromatic nitrogens is 5. The second-order valence-electron chi connectivity index (χ2n) is 11.0. The summed E-state index contributed by atoms with van der Waals surface area (Å²) in [6.07, 6.45) is 13.4. The molecule has 8 nitrogen and oxygen atoms in total. The van der Waals surface area contributed by atoms with E-state index >= 15 is 0 Å². The van der Waals surface area contributed by atoms with Gasteiger partial charge in [0.25, 0.3) is 0 Å². The Hall–Kier alpha value is -3.68. The third-order valence-corrected chi connectivity index (χ3v) is 7.55. The predicted octanol–water partition coefficient (Wildman–Crippen LogP) is 6.60. The van der Waals surface area contributed by atoms with Crippen molar-refractivity contribution in [2.75, 3.05) is 17.2 Å². The molecule has 3 heterocycles. The second kappa shape index (κ2) is 11.0. The summed E-state index contributed by atoms with van der Waals surface area (Å²) in [5.41, 5.74) is 4.68. The van der Waals surface area contributed by atoms with Gasteiger partial charge in [-0.05, 0) is 68.0 Å². The van der Waals surface area contributed by atoms with E-state index in [1.165, 1.54) is 51.4 Å². The van der Waals surface area contributed by atoms with E-state index in [2.05, 4.69) is 46.6 Å². The average Bonchev–Trinajstić information content (AvgIpc) is 3.70. The number of benzene rings is 1. The highest BCUT2D eigenvalue weighted by Crippen LogP contribution is 2.36. The number of fused-ring (bicyclic) bond motifs is 1. The number of anilines is 2. The van der Waals surface area contributed by atoms with Crippen LogP contribution in [0.5, 0.6) is 5.75 Å². The number of rotatable bonds is 9. The van der Waals surface area contributed by atoms with Crippen LogP contribution >= 0.6 is 0 Å². The fourth-order valence-corrected chi connectivity index (χ4v) is 5.58. The van der Waals surface area contributed by atoms with Gasteiger partial charge in [-0.25, -0.2) is 15.0 Å². The lowest BCUT2D eigenvalue weighted by atomic mass is 10.0. The standard InChI is InChI=1S/C30H37N7O/c1-20(2)19-38-24-13-11-21(12-14-24)28-27(25-15-17-31-29(35-25)33-22-7-3-4-8-22)26-16-18-32-30(37(26)36-28)34-23-9-5-6-10-23/h11-18,20,22-23H,3-10,19H2,1-2H3,(H,32,34)(H,31,33,35). The summed E-state index contributed by atoms with van der Waals surface area (Å²) in [6, 6.07) is 13.1. The van der Waals surface area contributed by atoms with Crippen LogP contribution in [-0.2, 0) is 0 Å². The maximum atomic E-state index is 5.93. The molecule has 2 fully saturated rings. The summed E-state index contributed by atoms with van der Waals surface area (Å²) >= 11 is 0. The van der Waals surface area contributed by atoms with E-state index in [0.29, 0.717) is 30.6 Å². The average molecular weight is 512 g/mol. The minimum atomic E-state index is 0.433. The van der Waals surface area contributed by atoms with Crippen molar-refractivity contribution in [1.29, 1.82) is 0 Å². The van der Waals surface area contributed by atoms with Gasteiger partial charge in [0.2, 0.25) is 11.9 Å². The topological polar surface area (TPSA) is 89.3 Å². The van der Waals surface area contributed by atoms with E-state index in [0.717, 1.165) is 39.7 Å². The van der Waals surface area contributed by atoms with Gasteiger partial charge in [0, 0.05) is 30.0 Å². The fourth-order valence-electron chi connectivity index (χ4n) is 5.58. The number of nitrogens with zero attached hydrogens (tertiary/aromatic N) is 5. The number of hydrogen-bond donors (Lipinski definition) is 2. The smallest absolute Gasteiger partial charge is 0.224 e. The van der Waals surface area contributed by atoms with Gasteiger partial charge in [-0.15, -0.1) is 0 Å². The van der Waals surface area contributed by atoms with E-state index < -0.39 is 0 Å². The minimum absolute atomic E-state index is 0.433. The first kappa shape index (κ1) is 24.6. The molecule has 198 valence electrons. The van der Waals surface area contributed by atoms with Crippen molar-refractivity contribution >= 4 is 17.4 Å². The van der Waals surface area contributed by atoms with Crippen LogP contribution in [0.25, 0.3) is 28.0 Å². The van der Waals surface area contributed by atoms with E-state index in [4.69, 9.17) is 14.8 Å². The Balaban J connectivity index is 1.42. The minimum Gasteiger partial charge on any atom is -0.493 e. The van der Waals surface area contributed by atoms with Crippen molar-refractivity contribution in [3.05, 3.63) is 48.8 Å². The number of ether oxygens (including phenoxy) is 1. The van der Waals surface area contributed by atoms with Crippen LogP contribution in [-0.4, -0.2) is 43.3 Å². The molecule has 0 spiro atoms. The van der Waals surface area contributed by atoms with Gasteiger partial charge in [-0.1, -0.05) is 39.5 Å². The molecule has 2 saturated carbocycles. The van der Waals surface area contributed by atoms with Gasteiger partial charge in [0.15, 0.2) is 0 Å². The summed E-state index contributed by atoms with van der Waals surface area (Å²) in [5, 5.41) is 12.3. The molecule has 4 aromatic rings. The Morgan fingerprint density at radius 2 is 1.55 bits per heavy atom. The zero-order chi connectivity index (χ0) is 25.9. The molecule has 6 rings (SSSR count). The first-order valence-corrected chi connectivity index (χ1v) is 14.1. The Bertz CT molecular complexity index is 1370. The maximum Gasteiger partial charge on any atom is 0.224 e. The Kier molecular flexibility index (Phi) is 7.12. The molecular formula is C30H37N7O. The van der Waals surface area contributed by atoms with E-state index in [9.17, 15) is 0 Å². The lowest BCUT2D eigenvalue weighted by Gasteiger charge is -2.13. The molecule has 2 aliphatic carbocycles. The van der Waals surface area contributed by atoms with E-state index in [-0.39, 0.29) is 0 Å². The zero-order valence-corrected chi connectivity index (χ0v) is 22.4. The van der Waals surface area contributed by atoms with Crippen molar-refractivity contribution in [3.8, 4) is 28.3 Å². The third-order valence-electron chi connectivity index (χ3n) is 7.55. The largest absolute Gasteiger partial charge is 0.493 e. The molecule has 8 heteroatoms. The van der Waals surface area contributed by atoms with Gasteiger partial charge in [-0.3, -0.25) is 0 Å². The van der Waals surface area contributed by atoms with Gasteiger partial charge in [0.1, 0.15) is 11.4 Å². The van der Waals surface area contributed by atoms with E-state index in [1.807, 2.05) is 41.2 Å². The normalized spacial score (nSPS) is 16.5. The molecule has 0 aliphatic heterocycles. The van der Waals surface area contributed by atoms with Crippen LogP contribution in [0.3, 0.4) is 0 Å². The van der Waals surface area contributed by atoms with Crippen LogP contribution in [0.1, 0.15) is 65.2 Å². The Morgan fingerprint density at radius 1 is 0.868 bits per heavy atom. The Morgan fingerprint density at radius 3 is 2.26 bits per heavy atom. The predicted molar refractivity (Wildman–Crippen MR) is 152 cm³/mol. The summed E-state index contributed by atoms with van der Waals surface area (Å²) < 4.78 is 7.87. The van der Waals surface area contributed by atoms with Gasteiger partial charge >= 0.3 is 0 Å². The highest BCUT2D eigenvalue weighted by atomic mass is 16.5. The van der Waals surface area contributed by atoms with Crippen molar-refractivity contribution in [2.45, 2.75) is 77.3 Å². The zero-order valence-electron chi connectivity index (χ0n) is 22.4. The first-order valence-electron chi connectivity index (χ1n) is 14.1. The van der Waals surface area contributed by atoms with Gasteiger partial charge < -0.3 is 15.4 Å².